The van der Waals surface area contributed by atoms with Crippen molar-refractivity contribution in [2.75, 3.05) is 6.61 Å². The molecule has 0 spiro atoms. The van der Waals surface area contributed by atoms with Gasteiger partial charge in [-0.25, -0.2) is 0 Å². The Bertz CT molecular complexity index is 1030. The maximum absolute atomic E-state index is 13.1. The molecule has 3 atom stereocenters. The van der Waals surface area contributed by atoms with Crippen LogP contribution in [0.15, 0.2) is 60.8 Å². The zero-order chi connectivity index (χ0) is 41.7. The lowest BCUT2D eigenvalue weighted by Crippen LogP contribution is -2.46. The highest BCUT2D eigenvalue weighted by molar-refractivity contribution is 5.77. The fraction of sp³-hybridized carbons (Fsp3) is 0.765. The van der Waals surface area contributed by atoms with Gasteiger partial charge in [0.15, 0.2) is 0 Å². The first-order chi connectivity index (χ1) is 28.0. The first kappa shape index (κ1) is 54.6. The van der Waals surface area contributed by atoms with Crippen LogP contribution in [0.25, 0.3) is 0 Å². The van der Waals surface area contributed by atoms with Gasteiger partial charge >= 0.3 is 5.97 Å². The summed E-state index contributed by atoms with van der Waals surface area (Å²) in [4.78, 5) is 25.9. The van der Waals surface area contributed by atoms with Crippen LogP contribution < -0.4 is 5.32 Å². The van der Waals surface area contributed by atoms with Crippen molar-refractivity contribution in [1.82, 2.24) is 5.32 Å². The predicted octanol–water partition coefficient (Wildman–Crippen LogP) is 14.1. The van der Waals surface area contributed by atoms with Crippen molar-refractivity contribution < 1.29 is 24.5 Å². The number of aliphatic hydroxyl groups is 2. The molecule has 3 N–H and O–H groups in total. The molecule has 0 rings (SSSR count). The van der Waals surface area contributed by atoms with Gasteiger partial charge in [-0.3, -0.25) is 9.59 Å². The summed E-state index contributed by atoms with van der Waals surface area (Å²) in [6.07, 6.45) is 54.4. The van der Waals surface area contributed by atoms with E-state index in [0.29, 0.717) is 19.3 Å². The van der Waals surface area contributed by atoms with Crippen molar-refractivity contribution in [3.63, 3.8) is 0 Å². The predicted molar refractivity (Wildman–Crippen MR) is 245 cm³/mol. The molecule has 330 valence electrons. The van der Waals surface area contributed by atoms with E-state index in [0.717, 1.165) is 70.6 Å². The monoisotopic (exact) mass is 798 g/mol. The number of esters is 1. The van der Waals surface area contributed by atoms with E-state index in [1.165, 1.54) is 103 Å². The van der Waals surface area contributed by atoms with Crippen molar-refractivity contribution in [3.8, 4) is 0 Å². The Hall–Kier alpha value is -2.44. The summed E-state index contributed by atoms with van der Waals surface area (Å²) in [5, 5.41) is 23.6. The van der Waals surface area contributed by atoms with Gasteiger partial charge in [0.1, 0.15) is 6.10 Å². The van der Waals surface area contributed by atoms with Gasteiger partial charge in [0.25, 0.3) is 0 Å². The second-order valence-corrected chi connectivity index (χ2v) is 16.1. The Morgan fingerprint density at radius 3 is 1.33 bits per heavy atom. The second kappa shape index (κ2) is 44.7. The molecule has 6 nitrogen and oxygen atoms in total. The van der Waals surface area contributed by atoms with E-state index in [1.54, 1.807) is 0 Å². The normalized spacial score (nSPS) is 13.8. The van der Waals surface area contributed by atoms with Crippen LogP contribution in [0, 0.1) is 0 Å². The minimum absolute atomic E-state index is 0.0470. The zero-order valence-corrected chi connectivity index (χ0v) is 37.5. The van der Waals surface area contributed by atoms with Crippen molar-refractivity contribution >= 4 is 11.9 Å². The van der Waals surface area contributed by atoms with E-state index in [-0.39, 0.29) is 31.3 Å². The van der Waals surface area contributed by atoms with Crippen molar-refractivity contribution in [2.24, 2.45) is 0 Å². The van der Waals surface area contributed by atoms with E-state index < -0.39 is 18.2 Å². The Balaban J connectivity index is 4.50. The third-order valence-corrected chi connectivity index (χ3v) is 10.6. The molecule has 0 bridgehead atoms. The molecule has 0 aliphatic heterocycles. The number of rotatable bonds is 42. The SMILES string of the molecule is CC/C=C/C/C=C/C/C=C/C/C=C/C/C=C/CCC(=O)OC(CCCCCCCCC)CC(=O)NC(CO)C(O)CCCCCCCCCCCCCCCCC. The summed E-state index contributed by atoms with van der Waals surface area (Å²) in [7, 11) is 0. The number of ether oxygens (including phenoxy) is 1. The minimum atomic E-state index is -0.798. The average Bonchev–Trinajstić information content (AvgIpc) is 3.20. The summed E-state index contributed by atoms with van der Waals surface area (Å²) in [5.41, 5.74) is 0. The van der Waals surface area contributed by atoms with Gasteiger partial charge in [0, 0.05) is 6.42 Å². The zero-order valence-electron chi connectivity index (χ0n) is 37.5. The smallest absolute Gasteiger partial charge is 0.306 e. The fourth-order valence-corrected chi connectivity index (χ4v) is 7.01. The molecule has 6 heteroatoms. The number of carbonyl (C=O) groups excluding carboxylic acids is 2. The number of allylic oxidation sites excluding steroid dienone is 10. The van der Waals surface area contributed by atoms with Crippen molar-refractivity contribution in [2.45, 2.75) is 244 Å². The summed E-state index contributed by atoms with van der Waals surface area (Å²) in [6.45, 7) is 6.31. The lowest BCUT2D eigenvalue weighted by Gasteiger charge is -2.24. The quantitative estimate of drug-likeness (QED) is 0.0325. The third kappa shape index (κ3) is 40.1. The number of nitrogens with one attached hydrogen (secondary N) is 1. The van der Waals surface area contributed by atoms with Crippen molar-refractivity contribution in [3.05, 3.63) is 60.8 Å². The molecule has 0 aromatic carbocycles. The summed E-state index contributed by atoms with van der Waals surface area (Å²) < 4.78 is 5.84. The van der Waals surface area contributed by atoms with Gasteiger partial charge in [0.2, 0.25) is 5.91 Å². The average molecular weight is 798 g/mol. The van der Waals surface area contributed by atoms with Gasteiger partial charge < -0.3 is 20.3 Å². The molecule has 3 unspecified atom stereocenters. The number of amides is 1. The van der Waals surface area contributed by atoms with E-state index in [9.17, 15) is 19.8 Å². The Kier molecular flexibility index (Phi) is 42.7. The number of hydrogen-bond acceptors (Lipinski definition) is 5. The molecule has 0 radical (unpaired) electrons. The Morgan fingerprint density at radius 1 is 0.526 bits per heavy atom. The largest absolute Gasteiger partial charge is 0.462 e. The molecule has 0 aromatic rings. The molecular weight excluding hydrogens is 707 g/mol. The summed E-state index contributed by atoms with van der Waals surface area (Å²) in [6, 6.07) is -0.714. The molecule has 0 fully saturated rings. The van der Waals surface area contributed by atoms with Gasteiger partial charge in [-0.2, -0.15) is 0 Å². The fourth-order valence-electron chi connectivity index (χ4n) is 7.01. The molecule has 1 amide bonds. The Morgan fingerprint density at radius 2 is 0.912 bits per heavy atom. The van der Waals surface area contributed by atoms with Crippen LogP contribution in [-0.2, 0) is 14.3 Å². The number of carbonyl (C=O) groups is 2. The molecule has 0 saturated heterocycles. The lowest BCUT2D eigenvalue weighted by atomic mass is 10.0. The van der Waals surface area contributed by atoms with Gasteiger partial charge in [0.05, 0.1) is 25.2 Å². The highest BCUT2D eigenvalue weighted by Gasteiger charge is 2.24. The Labute approximate surface area is 352 Å². The maximum atomic E-state index is 13.1. The van der Waals surface area contributed by atoms with E-state index >= 15 is 0 Å². The third-order valence-electron chi connectivity index (χ3n) is 10.6. The molecule has 0 aromatic heterocycles. The van der Waals surface area contributed by atoms with Crippen LogP contribution in [0.3, 0.4) is 0 Å². The first-order valence-corrected chi connectivity index (χ1v) is 24.0. The number of hydrogen-bond donors (Lipinski definition) is 3. The molecule has 0 aliphatic carbocycles. The standard InChI is InChI=1S/C51H91NO5/c1-4-7-10-13-16-18-20-22-24-26-28-30-32-35-38-41-44-51(56)57-47(42-39-36-33-15-12-9-6-3)45-50(55)52-48(46-53)49(54)43-40-37-34-31-29-27-25-23-21-19-17-14-11-8-5-2/h7,10,16,18,22,24,28,30,35,38,47-49,53-54H,4-6,8-9,11-15,17,19-21,23,25-27,29,31-34,36-37,39-46H2,1-3H3,(H,52,55)/b10-7+,18-16+,24-22+,30-28+,38-35+. The van der Waals surface area contributed by atoms with E-state index in [1.807, 2.05) is 6.08 Å². The highest BCUT2D eigenvalue weighted by atomic mass is 16.5. The van der Waals surface area contributed by atoms with Crippen LogP contribution in [0.4, 0.5) is 0 Å². The van der Waals surface area contributed by atoms with Gasteiger partial charge in [-0.05, 0) is 57.8 Å². The van der Waals surface area contributed by atoms with E-state index in [2.05, 4.69) is 80.8 Å². The number of aliphatic hydroxyl groups excluding tert-OH is 2. The lowest BCUT2D eigenvalue weighted by molar-refractivity contribution is -0.150. The van der Waals surface area contributed by atoms with Crippen LogP contribution in [0.2, 0.25) is 0 Å². The summed E-state index contributed by atoms with van der Waals surface area (Å²) >= 11 is 0. The summed E-state index contributed by atoms with van der Waals surface area (Å²) in [5.74, 6) is -0.577. The van der Waals surface area contributed by atoms with Crippen LogP contribution in [0.5, 0.6) is 0 Å². The minimum Gasteiger partial charge on any atom is -0.462 e. The van der Waals surface area contributed by atoms with Crippen molar-refractivity contribution in [1.29, 1.82) is 0 Å². The van der Waals surface area contributed by atoms with Gasteiger partial charge in [-0.15, -0.1) is 0 Å². The molecule has 57 heavy (non-hydrogen) atoms. The second-order valence-electron chi connectivity index (χ2n) is 16.1. The molecule has 0 aliphatic rings. The molecule has 0 heterocycles. The van der Waals surface area contributed by atoms with Crippen LogP contribution >= 0.6 is 0 Å². The van der Waals surface area contributed by atoms with Gasteiger partial charge in [-0.1, -0.05) is 216 Å². The van der Waals surface area contributed by atoms with E-state index in [4.69, 9.17) is 4.74 Å². The first-order valence-electron chi connectivity index (χ1n) is 24.0. The maximum Gasteiger partial charge on any atom is 0.306 e. The van der Waals surface area contributed by atoms with Crippen LogP contribution in [-0.4, -0.2) is 46.9 Å². The molecule has 0 saturated carbocycles. The molecular formula is C51H91NO5. The topological polar surface area (TPSA) is 95.9 Å². The van der Waals surface area contributed by atoms with Crippen LogP contribution in [0.1, 0.15) is 226 Å². The number of unbranched alkanes of at least 4 members (excludes halogenated alkanes) is 20. The highest BCUT2D eigenvalue weighted by Crippen LogP contribution is 2.17.